The lowest BCUT2D eigenvalue weighted by atomic mass is 10.0. The van der Waals surface area contributed by atoms with Crippen LogP contribution in [0.3, 0.4) is 0 Å². The van der Waals surface area contributed by atoms with Gasteiger partial charge in [-0.05, 0) is 56.9 Å². The van der Waals surface area contributed by atoms with Crippen molar-refractivity contribution in [3.8, 4) is 0 Å². The molecule has 6 heteroatoms. The Hall–Kier alpha value is -2.34. The van der Waals surface area contributed by atoms with Gasteiger partial charge in [0.05, 0.1) is 11.3 Å². The van der Waals surface area contributed by atoms with Crippen molar-refractivity contribution in [1.82, 2.24) is 4.98 Å². The van der Waals surface area contributed by atoms with Gasteiger partial charge >= 0.3 is 0 Å². The van der Waals surface area contributed by atoms with Gasteiger partial charge in [-0.2, -0.15) is 0 Å². The van der Waals surface area contributed by atoms with Gasteiger partial charge < -0.3 is 10.6 Å². The third-order valence-corrected chi connectivity index (χ3v) is 5.98. The average molecular weight is 369 g/mol. The third-order valence-electron chi connectivity index (χ3n) is 5.02. The molecule has 2 N–H and O–H groups in total. The first-order valence-corrected chi connectivity index (χ1v) is 9.60. The van der Waals surface area contributed by atoms with Crippen molar-refractivity contribution in [3.05, 3.63) is 52.2 Å². The number of thioether (sulfide) groups is 1. The Morgan fingerprint density at radius 1 is 1.23 bits per heavy atom. The number of aryl methyl sites for hydroxylation is 1. The van der Waals surface area contributed by atoms with Gasteiger partial charge in [-0.15, -0.1) is 0 Å². The Labute approximate surface area is 158 Å². The molecule has 5 nitrogen and oxygen atoms in total. The van der Waals surface area contributed by atoms with Crippen LogP contribution in [0, 0.1) is 20.8 Å². The summed E-state index contributed by atoms with van der Waals surface area (Å²) in [6.45, 7) is 7.74. The number of nitrogens with two attached hydrogens (primary N) is 1. The van der Waals surface area contributed by atoms with Crippen LogP contribution < -0.4 is 10.6 Å². The highest BCUT2D eigenvalue weighted by Crippen LogP contribution is 2.33. The summed E-state index contributed by atoms with van der Waals surface area (Å²) in [5.74, 6) is -0.276. The number of nitrogens with zero attached hydrogens (tertiary/aromatic N) is 2. The standard InChI is InChI=1S/C20H23N3O2S/c1-11-9-15-7-5-6-8-16(15)23(11)17(24)10-26-20-18(19(21)25)13(3)12(2)14(4)22-20/h5-8,11H,9-10H2,1-4H3,(H2,21,25)/t11-/m0/s1. The van der Waals surface area contributed by atoms with Gasteiger partial charge in [-0.3, -0.25) is 9.59 Å². The molecule has 0 aliphatic carbocycles. The summed E-state index contributed by atoms with van der Waals surface area (Å²) in [7, 11) is 0. The van der Waals surface area contributed by atoms with Crippen molar-refractivity contribution < 1.29 is 9.59 Å². The Balaban J connectivity index is 1.84. The topological polar surface area (TPSA) is 76.3 Å². The van der Waals surface area contributed by atoms with E-state index in [0.717, 1.165) is 28.9 Å². The number of rotatable bonds is 4. The second-order valence-electron chi connectivity index (χ2n) is 6.73. The van der Waals surface area contributed by atoms with E-state index in [4.69, 9.17) is 5.73 Å². The van der Waals surface area contributed by atoms with Crippen LogP contribution >= 0.6 is 11.8 Å². The second-order valence-corrected chi connectivity index (χ2v) is 7.69. The number of amides is 2. The van der Waals surface area contributed by atoms with E-state index < -0.39 is 5.91 Å². The molecule has 0 radical (unpaired) electrons. The van der Waals surface area contributed by atoms with E-state index >= 15 is 0 Å². The van der Waals surface area contributed by atoms with Crippen LogP contribution in [-0.2, 0) is 11.2 Å². The number of carbonyl (C=O) groups is 2. The largest absolute Gasteiger partial charge is 0.366 e. The highest BCUT2D eigenvalue weighted by atomic mass is 32.2. The first-order chi connectivity index (χ1) is 12.3. The molecular weight excluding hydrogens is 346 g/mol. The molecule has 26 heavy (non-hydrogen) atoms. The smallest absolute Gasteiger partial charge is 0.251 e. The number of pyridine rings is 1. The molecule has 1 aromatic heterocycles. The monoisotopic (exact) mass is 369 g/mol. The van der Waals surface area contributed by atoms with Crippen molar-refractivity contribution in [2.45, 2.75) is 45.2 Å². The maximum absolute atomic E-state index is 12.9. The van der Waals surface area contributed by atoms with E-state index in [1.807, 2.05) is 43.9 Å². The summed E-state index contributed by atoms with van der Waals surface area (Å²) in [5.41, 5.74) is 10.8. The molecule has 0 fully saturated rings. The fourth-order valence-corrected chi connectivity index (χ4v) is 4.45. The van der Waals surface area contributed by atoms with Crippen LogP contribution in [0.5, 0.6) is 0 Å². The molecule has 1 aliphatic rings. The summed E-state index contributed by atoms with van der Waals surface area (Å²) in [6, 6.07) is 8.12. The summed E-state index contributed by atoms with van der Waals surface area (Å²) in [4.78, 5) is 31.1. The fraction of sp³-hybridized carbons (Fsp3) is 0.350. The van der Waals surface area contributed by atoms with Crippen LogP contribution in [0.15, 0.2) is 29.3 Å². The predicted molar refractivity (Wildman–Crippen MR) is 105 cm³/mol. The zero-order chi connectivity index (χ0) is 19.0. The number of carbonyl (C=O) groups excluding carboxylic acids is 2. The van der Waals surface area contributed by atoms with E-state index in [0.29, 0.717) is 10.6 Å². The molecule has 0 saturated heterocycles. The molecule has 0 saturated carbocycles. The number of para-hydroxylation sites is 1. The molecule has 2 heterocycles. The van der Waals surface area contributed by atoms with Crippen LogP contribution in [0.2, 0.25) is 0 Å². The van der Waals surface area contributed by atoms with Gasteiger partial charge in [0, 0.05) is 17.4 Å². The Morgan fingerprint density at radius 3 is 2.62 bits per heavy atom. The van der Waals surface area contributed by atoms with Crippen molar-refractivity contribution >= 4 is 29.3 Å². The number of hydrogen-bond donors (Lipinski definition) is 1. The Bertz CT molecular complexity index is 895. The molecule has 2 amide bonds. The minimum atomic E-state index is -0.507. The van der Waals surface area contributed by atoms with Crippen LogP contribution in [0.4, 0.5) is 5.69 Å². The molecule has 1 aromatic carbocycles. The van der Waals surface area contributed by atoms with E-state index in [-0.39, 0.29) is 17.7 Å². The summed E-state index contributed by atoms with van der Waals surface area (Å²) >= 11 is 1.28. The number of fused-ring (bicyclic) bond motifs is 1. The molecule has 136 valence electrons. The first-order valence-electron chi connectivity index (χ1n) is 8.61. The van der Waals surface area contributed by atoms with Crippen LogP contribution in [0.1, 0.15) is 39.7 Å². The van der Waals surface area contributed by atoms with Crippen molar-refractivity contribution in [3.63, 3.8) is 0 Å². The van der Waals surface area contributed by atoms with E-state index in [1.54, 1.807) is 0 Å². The maximum atomic E-state index is 12.9. The molecule has 1 aliphatic heterocycles. The van der Waals surface area contributed by atoms with Crippen molar-refractivity contribution in [2.24, 2.45) is 5.73 Å². The SMILES string of the molecule is Cc1nc(SCC(=O)N2c3ccccc3C[C@@H]2C)c(C(N)=O)c(C)c1C. The highest BCUT2D eigenvalue weighted by molar-refractivity contribution is 8.00. The molecule has 0 spiro atoms. The van der Waals surface area contributed by atoms with Crippen molar-refractivity contribution in [2.75, 3.05) is 10.7 Å². The molecule has 0 bridgehead atoms. The number of benzene rings is 1. The number of anilines is 1. The van der Waals surface area contributed by atoms with Crippen LogP contribution in [0.25, 0.3) is 0 Å². The Morgan fingerprint density at radius 2 is 1.92 bits per heavy atom. The normalized spacial score (nSPS) is 15.8. The molecule has 1 atom stereocenters. The van der Waals surface area contributed by atoms with Gasteiger partial charge in [-0.1, -0.05) is 30.0 Å². The van der Waals surface area contributed by atoms with Gasteiger partial charge in [0.1, 0.15) is 5.03 Å². The average Bonchev–Trinajstić information content (AvgIpc) is 2.92. The van der Waals surface area contributed by atoms with Crippen molar-refractivity contribution in [1.29, 1.82) is 0 Å². The molecule has 3 rings (SSSR count). The number of hydrogen-bond acceptors (Lipinski definition) is 4. The lowest BCUT2D eigenvalue weighted by molar-refractivity contribution is -0.116. The van der Waals surface area contributed by atoms with E-state index in [9.17, 15) is 9.59 Å². The lowest BCUT2D eigenvalue weighted by Gasteiger charge is -2.23. The zero-order valence-electron chi connectivity index (χ0n) is 15.5. The summed E-state index contributed by atoms with van der Waals surface area (Å²) in [6.07, 6.45) is 0.861. The van der Waals surface area contributed by atoms with Gasteiger partial charge in [0.15, 0.2) is 0 Å². The molecule has 0 unspecified atom stereocenters. The minimum Gasteiger partial charge on any atom is -0.366 e. The quantitative estimate of drug-likeness (QED) is 0.840. The van der Waals surface area contributed by atoms with E-state index in [1.165, 1.54) is 17.3 Å². The second kappa shape index (κ2) is 7.11. The maximum Gasteiger partial charge on any atom is 0.251 e. The van der Waals surface area contributed by atoms with Crippen LogP contribution in [-0.4, -0.2) is 28.6 Å². The van der Waals surface area contributed by atoms with E-state index in [2.05, 4.69) is 18.0 Å². The fourth-order valence-electron chi connectivity index (χ4n) is 3.45. The third kappa shape index (κ3) is 3.21. The number of aromatic nitrogens is 1. The lowest BCUT2D eigenvalue weighted by Crippen LogP contribution is -2.37. The zero-order valence-corrected chi connectivity index (χ0v) is 16.3. The molecular formula is C20H23N3O2S. The van der Waals surface area contributed by atoms with Gasteiger partial charge in [0.25, 0.3) is 5.91 Å². The predicted octanol–water partition coefficient (Wildman–Crippen LogP) is 3.18. The summed E-state index contributed by atoms with van der Waals surface area (Å²) in [5, 5.41) is 0.534. The Kier molecular flexibility index (Phi) is 5.05. The first kappa shape index (κ1) is 18.5. The highest BCUT2D eigenvalue weighted by Gasteiger charge is 2.30. The minimum absolute atomic E-state index is 0.0144. The van der Waals surface area contributed by atoms with Gasteiger partial charge in [0.2, 0.25) is 5.91 Å². The van der Waals surface area contributed by atoms with Gasteiger partial charge in [-0.25, -0.2) is 4.98 Å². The number of primary amides is 1. The molecule has 2 aromatic rings. The summed E-state index contributed by atoms with van der Waals surface area (Å²) < 4.78 is 0.